The molecule has 1 aromatic heterocycles. The summed E-state index contributed by atoms with van der Waals surface area (Å²) in [4.78, 5) is 16.9. The fraction of sp³-hybridized carbons (Fsp3) is 0.368. The van der Waals surface area contributed by atoms with Gasteiger partial charge in [-0.25, -0.2) is 9.37 Å². The number of aromatic amines is 1. The predicted molar refractivity (Wildman–Crippen MR) is 91.2 cm³/mol. The van der Waals surface area contributed by atoms with Gasteiger partial charge in [-0.2, -0.15) is 13.2 Å². The summed E-state index contributed by atoms with van der Waals surface area (Å²) >= 11 is 0. The van der Waals surface area contributed by atoms with Gasteiger partial charge in [0.05, 0.1) is 18.7 Å². The molecule has 8 heteroatoms. The average Bonchev–Trinajstić information content (AvgIpc) is 2.67. The lowest BCUT2D eigenvalue weighted by Gasteiger charge is -2.27. The number of amides is 1. The van der Waals surface area contributed by atoms with Gasteiger partial charge in [-0.1, -0.05) is 18.2 Å². The SMILES string of the molecule is O=C(NCc1ccccc1F)C1CCN(c2ccc(C(F)(F)F)c[nH+]2)CC1. The maximum atomic E-state index is 13.6. The lowest BCUT2D eigenvalue weighted by atomic mass is 9.95. The summed E-state index contributed by atoms with van der Waals surface area (Å²) in [5.74, 6) is -0.0875. The quantitative estimate of drug-likeness (QED) is 0.826. The number of carbonyl (C=O) groups is 1. The molecule has 1 aliphatic heterocycles. The molecule has 1 amide bonds. The Morgan fingerprint density at radius 1 is 1.15 bits per heavy atom. The number of alkyl halides is 3. The van der Waals surface area contributed by atoms with Crippen LogP contribution in [0.2, 0.25) is 0 Å². The van der Waals surface area contributed by atoms with E-state index in [4.69, 9.17) is 0 Å². The zero-order valence-corrected chi connectivity index (χ0v) is 14.5. The van der Waals surface area contributed by atoms with Crippen LogP contribution in [0.1, 0.15) is 24.0 Å². The predicted octanol–water partition coefficient (Wildman–Crippen LogP) is 3.19. The number of benzene rings is 1. The van der Waals surface area contributed by atoms with Crippen LogP contribution in [0.5, 0.6) is 0 Å². The van der Waals surface area contributed by atoms with Crippen molar-refractivity contribution in [2.45, 2.75) is 25.6 Å². The van der Waals surface area contributed by atoms with E-state index < -0.39 is 11.7 Å². The highest BCUT2D eigenvalue weighted by Gasteiger charge is 2.33. The Hall–Kier alpha value is -2.64. The highest BCUT2D eigenvalue weighted by molar-refractivity contribution is 5.78. The minimum Gasteiger partial charge on any atom is -0.352 e. The second kappa shape index (κ2) is 7.94. The van der Waals surface area contributed by atoms with E-state index in [1.807, 2.05) is 4.90 Å². The molecule has 0 radical (unpaired) electrons. The molecule has 2 aromatic rings. The summed E-state index contributed by atoms with van der Waals surface area (Å²) in [5.41, 5.74) is -0.295. The molecule has 3 rings (SSSR count). The molecule has 0 bridgehead atoms. The minimum atomic E-state index is -4.38. The van der Waals surface area contributed by atoms with Crippen molar-refractivity contribution in [3.8, 4) is 0 Å². The van der Waals surface area contributed by atoms with Gasteiger partial charge < -0.3 is 5.32 Å². The number of pyridine rings is 1. The van der Waals surface area contributed by atoms with E-state index >= 15 is 0 Å². The molecule has 1 fully saturated rings. The van der Waals surface area contributed by atoms with Crippen molar-refractivity contribution in [2.75, 3.05) is 18.0 Å². The number of hydrogen-bond acceptors (Lipinski definition) is 2. The van der Waals surface area contributed by atoms with Crippen LogP contribution in [0.15, 0.2) is 42.6 Å². The Bertz CT molecular complexity index is 784. The van der Waals surface area contributed by atoms with Crippen LogP contribution >= 0.6 is 0 Å². The van der Waals surface area contributed by atoms with Gasteiger partial charge in [0.1, 0.15) is 12.0 Å². The molecule has 0 aliphatic carbocycles. The third kappa shape index (κ3) is 4.75. The number of aromatic nitrogens is 1. The topological polar surface area (TPSA) is 46.5 Å². The van der Waals surface area contributed by atoms with E-state index in [9.17, 15) is 22.4 Å². The van der Waals surface area contributed by atoms with Gasteiger partial charge in [0, 0.05) is 24.1 Å². The van der Waals surface area contributed by atoms with Gasteiger partial charge in [-0.05, 0) is 25.0 Å². The van der Waals surface area contributed by atoms with Gasteiger partial charge in [-0.3, -0.25) is 9.69 Å². The smallest absolute Gasteiger partial charge is 0.352 e. The van der Waals surface area contributed by atoms with E-state index in [1.54, 1.807) is 18.2 Å². The number of nitrogens with one attached hydrogen (secondary N) is 2. The van der Waals surface area contributed by atoms with Crippen LogP contribution in [0, 0.1) is 11.7 Å². The Labute approximate surface area is 154 Å². The molecule has 4 nitrogen and oxygen atoms in total. The second-order valence-corrected chi connectivity index (χ2v) is 6.53. The van der Waals surface area contributed by atoms with Crippen molar-refractivity contribution in [2.24, 2.45) is 5.92 Å². The molecule has 2 N–H and O–H groups in total. The number of anilines is 1. The molecule has 27 heavy (non-hydrogen) atoms. The monoisotopic (exact) mass is 382 g/mol. The van der Waals surface area contributed by atoms with Crippen LogP contribution in [-0.2, 0) is 17.5 Å². The van der Waals surface area contributed by atoms with Crippen molar-refractivity contribution in [1.29, 1.82) is 0 Å². The van der Waals surface area contributed by atoms with Crippen LogP contribution in [0.3, 0.4) is 0 Å². The maximum absolute atomic E-state index is 13.6. The summed E-state index contributed by atoms with van der Waals surface area (Å²) in [6, 6.07) is 8.72. The molecule has 0 unspecified atom stereocenters. The van der Waals surface area contributed by atoms with Crippen molar-refractivity contribution in [3.05, 3.63) is 59.5 Å². The average molecular weight is 382 g/mol. The Morgan fingerprint density at radius 2 is 1.85 bits per heavy atom. The highest BCUT2D eigenvalue weighted by atomic mass is 19.4. The first-order valence-corrected chi connectivity index (χ1v) is 8.69. The maximum Gasteiger partial charge on any atom is 0.419 e. The lowest BCUT2D eigenvalue weighted by Crippen LogP contribution is -2.42. The van der Waals surface area contributed by atoms with E-state index in [0.717, 1.165) is 12.3 Å². The van der Waals surface area contributed by atoms with Crippen molar-refractivity contribution in [1.82, 2.24) is 5.32 Å². The summed E-state index contributed by atoms with van der Waals surface area (Å²) in [6.07, 6.45) is -2.27. The molecule has 1 saturated heterocycles. The highest BCUT2D eigenvalue weighted by Crippen LogP contribution is 2.29. The van der Waals surface area contributed by atoms with Gasteiger partial charge in [0.25, 0.3) is 5.82 Å². The van der Waals surface area contributed by atoms with E-state index in [2.05, 4.69) is 10.3 Å². The minimum absolute atomic E-state index is 0.130. The summed E-state index contributed by atoms with van der Waals surface area (Å²) in [5, 5.41) is 2.76. The van der Waals surface area contributed by atoms with E-state index in [0.29, 0.717) is 37.3 Å². The largest absolute Gasteiger partial charge is 0.419 e. The van der Waals surface area contributed by atoms with Gasteiger partial charge in [0.2, 0.25) is 5.91 Å². The molecular formula is C19H20F4N3O+. The first-order valence-electron chi connectivity index (χ1n) is 8.69. The van der Waals surface area contributed by atoms with Crippen molar-refractivity contribution < 1.29 is 27.3 Å². The number of halogens is 4. The third-order valence-corrected chi connectivity index (χ3v) is 4.74. The van der Waals surface area contributed by atoms with E-state index in [1.165, 1.54) is 12.1 Å². The van der Waals surface area contributed by atoms with Crippen LogP contribution in [-0.4, -0.2) is 19.0 Å². The number of nitrogens with zero attached hydrogens (tertiary/aromatic N) is 1. The molecule has 1 aliphatic rings. The Balaban J connectivity index is 1.51. The van der Waals surface area contributed by atoms with Crippen LogP contribution in [0.25, 0.3) is 0 Å². The lowest BCUT2D eigenvalue weighted by molar-refractivity contribution is -0.367. The molecule has 2 heterocycles. The van der Waals surface area contributed by atoms with Crippen molar-refractivity contribution in [3.63, 3.8) is 0 Å². The van der Waals surface area contributed by atoms with E-state index in [-0.39, 0.29) is 24.2 Å². The number of rotatable bonds is 4. The molecule has 0 saturated carbocycles. The summed E-state index contributed by atoms with van der Waals surface area (Å²) < 4.78 is 51.5. The fourth-order valence-corrected chi connectivity index (χ4v) is 3.14. The first kappa shape index (κ1) is 19.1. The molecule has 1 aromatic carbocycles. The molecule has 144 valence electrons. The second-order valence-electron chi connectivity index (χ2n) is 6.53. The Morgan fingerprint density at radius 3 is 2.44 bits per heavy atom. The van der Waals surface area contributed by atoms with Crippen LogP contribution < -0.4 is 15.2 Å². The standard InChI is InChI=1S/C19H19F4N3O/c20-16-4-2-1-3-14(16)11-25-18(27)13-7-9-26(10-8-13)17-6-5-15(12-24-17)19(21,22)23/h1-6,12-13H,7-11H2,(H,25,27)/p+1. The van der Waals surface area contributed by atoms with Gasteiger partial charge in [-0.15, -0.1) is 0 Å². The zero-order valence-electron chi connectivity index (χ0n) is 14.5. The molecule has 0 spiro atoms. The Kier molecular flexibility index (Phi) is 5.62. The zero-order chi connectivity index (χ0) is 19.4. The molecule has 0 atom stereocenters. The summed E-state index contributed by atoms with van der Waals surface area (Å²) in [7, 11) is 0. The normalized spacial score (nSPS) is 15.6. The summed E-state index contributed by atoms with van der Waals surface area (Å²) in [6.45, 7) is 1.25. The number of hydrogen-bond donors (Lipinski definition) is 1. The number of piperidine rings is 1. The number of H-pyrrole nitrogens is 1. The third-order valence-electron chi connectivity index (χ3n) is 4.74. The first-order chi connectivity index (χ1) is 12.8. The number of carbonyl (C=O) groups excluding carboxylic acids is 1. The van der Waals surface area contributed by atoms with Gasteiger partial charge in [0.15, 0.2) is 0 Å². The van der Waals surface area contributed by atoms with Gasteiger partial charge >= 0.3 is 6.18 Å². The fourth-order valence-electron chi connectivity index (χ4n) is 3.14. The van der Waals surface area contributed by atoms with Crippen LogP contribution in [0.4, 0.5) is 23.4 Å². The van der Waals surface area contributed by atoms with Crippen molar-refractivity contribution >= 4 is 11.7 Å². The molecular weight excluding hydrogens is 362 g/mol.